The van der Waals surface area contributed by atoms with Crippen molar-refractivity contribution in [2.45, 2.75) is 0 Å². The Bertz CT molecular complexity index is 3720. The van der Waals surface area contributed by atoms with Crippen molar-refractivity contribution in [3.63, 3.8) is 0 Å². The summed E-state index contributed by atoms with van der Waals surface area (Å²) in [6.45, 7) is 0. The van der Waals surface area contributed by atoms with Crippen molar-refractivity contribution < 1.29 is 0 Å². The highest BCUT2D eigenvalue weighted by Gasteiger charge is 2.19. The molecule has 0 aliphatic carbocycles. The summed E-state index contributed by atoms with van der Waals surface area (Å²) in [6.07, 6.45) is 0. The molecule has 0 aliphatic heterocycles. The minimum Gasteiger partial charge on any atom is -0.309 e. The van der Waals surface area contributed by atoms with E-state index in [2.05, 4.69) is 203 Å². The van der Waals surface area contributed by atoms with E-state index in [1.807, 2.05) is 0 Å². The number of benzene rings is 10. The van der Waals surface area contributed by atoms with E-state index in [1.165, 1.54) is 114 Å². The maximum atomic E-state index is 2.47. The molecule has 2 nitrogen and oxygen atoms in total. The predicted octanol–water partition coefficient (Wildman–Crippen LogP) is 14.7. The van der Waals surface area contributed by atoms with Crippen LogP contribution in [-0.4, -0.2) is 8.97 Å². The number of nitrogens with zero attached hydrogens (tertiary/aromatic N) is 2. The van der Waals surface area contributed by atoms with Crippen LogP contribution >= 0.6 is 0 Å². The lowest BCUT2D eigenvalue weighted by Gasteiger charge is -2.12. The third kappa shape index (κ3) is 4.00. The van der Waals surface area contributed by atoms with Crippen LogP contribution in [0.5, 0.6) is 0 Å². The summed E-state index contributed by atoms with van der Waals surface area (Å²) >= 11 is 0. The van der Waals surface area contributed by atoms with Crippen LogP contribution in [0.1, 0.15) is 0 Å². The number of rotatable bonds is 3. The van der Waals surface area contributed by atoms with Gasteiger partial charge in [0.15, 0.2) is 0 Å². The fraction of sp³-hybridized carbons (Fsp3) is 0. The average Bonchev–Trinajstić information content (AvgIpc) is 3.91. The van der Waals surface area contributed by atoms with Gasteiger partial charge in [0, 0.05) is 38.0 Å². The number of hydrogen-bond donors (Lipinski definition) is 0. The van der Waals surface area contributed by atoms with Gasteiger partial charge in [-0.25, -0.2) is 0 Å². The maximum Gasteiger partial charge on any atom is 0.0620 e. The van der Waals surface area contributed by atoms with Crippen LogP contribution in [0.4, 0.5) is 0 Å². The lowest BCUT2D eigenvalue weighted by atomic mass is 9.92. The Morgan fingerprint density at radius 2 is 0.661 bits per heavy atom. The molecule has 10 aromatic carbocycles. The smallest absolute Gasteiger partial charge is 0.0620 e. The first-order valence-electron chi connectivity index (χ1n) is 19.4. The first kappa shape index (κ1) is 30.0. The molecule has 3 aromatic heterocycles. The molecular weight excluding hydrogens is 677 g/mol. The van der Waals surface area contributed by atoms with Gasteiger partial charge in [0.1, 0.15) is 0 Å². The SMILES string of the molecule is c1ccc(-n2c3ccc(-c4ccc5c6ccccc6c6ccccc6c5c4)cc3c3cc(-c4ccc5c6cccc7c8ccccc8n(c5c4)c76)ccc32)cc1. The molecule has 56 heavy (non-hydrogen) atoms. The zero-order chi connectivity index (χ0) is 36.5. The fourth-order valence-electron chi connectivity index (χ4n) is 9.93. The van der Waals surface area contributed by atoms with Crippen LogP contribution < -0.4 is 0 Å². The molecular formula is C54H32N2. The van der Waals surface area contributed by atoms with Gasteiger partial charge < -0.3 is 8.97 Å². The first-order chi connectivity index (χ1) is 27.8. The minimum atomic E-state index is 1.16. The topological polar surface area (TPSA) is 9.34 Å². The van der Waals surface area contributed by atoms with Crippen molar-refractivity contribution in [2.24, 2.45) is 0 Å². The molecule has 13 rings (SSSR count). The van der Waals surface area contributed by atoms with E-state index in [0.29, 0.717) is 0 Å². The molecule has 0 saturated heterocycles. The summed E-state index contributed by atoms with van der Waals surface area (Å²) in [4.78, 5) is 0. The fourth-order valence-corrected chi connectivity index (χ4v) is 9.93. The second-order valence-corrected chi connectivity index (χ2v) is 15.3. The Morgan fingerprint density at radius 1 is 0.232 bits per heavy atom. The number of fused-ring (bicyclic) bond motifs is 15. The van der Waals surface area contributed by atoms with E-state index >= 15 is 0 Å². The largest absolute Gasteiger partial charge is 0.309 e. The van der Waals surface area contributed by atoms with E-state index in [9.17, 15) is 0 Å². The van der Waals surface area contributed by atoms with Crippen LogP contribution in [0, 0.1) is 0 Å². The van der Waals surface area contributed by atoms with Gasteiger partial charge in [-0.1, -0.05) is 140 Å². The number of hydrogen-bond acceptors (Lipinski definition) is 0. The second-order valence-electron chi connectivity index (χ2n) is 15.3. The van der Waals surface area contributed by atoms with Crippen LogP contribution in [0.2, 0.25) is 0 Å². The Morgan fingerprint density at radius 3 is 1.29 bits per heavy atom. The zero-order valence-corrected chi connectivity index (χ0v) is 30.4. The van der Waals surface area contributed by atoms with Gasteiger partial charge in [-0.3, -0.25) is 0 Å². The van der Waals surface area contributed by atoms with Gasteiger partial charge in [-0.05, 0) is 109 Å². The van der Waals surface area contributed by atoms with Crippen molar-refractivity contribution in [1.29, 1.82) is 0 Å². The summed E-state index contributed by atoms with van der Waals surface area (Å²) in [7, 11) is 0. The molecule has 0 aliphatic rings. The van der Waals surface area contributed by atoms with Crippen LogP contribution in [0.25, 0.3) is 120 Å². The molecule has 2 heteroatoms. The summed E-state index contributed by atoms with van der Waals surface area (Å²) in [5, 5.41) is 15.5. The normalized spacial score (nSPS) is 12.3. The molecule has 0 radical (unpaired) electrons. The van der Waals surface area contributed by atoms with Crippen molar-refractivity contribution in [3.8, 4) is 27.9 Å². The Balaban J connectivity index is 1.04. The summed E-state index contributed by atoms with van der Waals surface area (Å²) in [5.74, 6) is 0. The summed E-state index contributed by atoms with van der Waals surface area (Å²) in [5.41, 5.74) is 12.3. The Kier molecular flexibility index (Phi) is 5.92. The average molecular weight is 709 g/mol. The molecule has 0 bridgehead atoms. The molecule has 0 atom stereocenters. The molecule has 3 heterocycles. The monoisotopic (exact) mass is 708 g/mol. The predicted molar refractivity (Wildman–Crippen MR) is 239 cm³/mol. The first-order valence-corrected chi connectivity index (χ1v) is 19.4. The van der Waals surface area contributed by atoms with Gasteiger partial charge in [-0.2, -0.15) is 0 Å². The van der Waals surface area contributed by atoms with E-state index in [-0.39, 0.29) is 0 Å². The highest BCUT2D eigenvalue weighted by atomic mass is 15.0. The lowest BCUT2D eigenvalue weighted by Crippen LogP contribution is -1.93. The molecule has 0 amide bonds. The molecule has 0 unspecified atom stereocenters. The van der Waals surface area contributed by atoms with E-state index in [1.54, 1.807) is 0 Å². The van der Waals surface area contributed by atoms with Gasteiger partial charge in [-0.15, -0.1) is 0 Å². The molecule has 13 aromatic rings. The van der Waals surface area contributed by atoms with E-state index in [4.69, 9.17) is 0 Å². The molecule has 0 saturated carbocycles. The summed E-state index contributed by atoms with van der Waals surface area (Å²) < 4.78 is 4.89. The second kappa shape index (κ2) is 11.1. The molecule has 0 spiro atoms. The van der Waals surface area contributed by atoms with Crippen LogP contribution in [-0.2, 0) is 0 Å². The van der Waals surface area contributed by atoms with E-state index < -0.39 is 0 Å². The third-order valence-corrected chi connectivity index (χ3v) is 12.4. The lowest BCUT2D eigenvalue weighted by molar-refractivity contribution is 1.18. The van der Waals surface area contributed by atoms with Crippen LogP contribution in [0.3, 0.4) is 0 Å². The summed E-state index contributed by atoms with van der Waals surface area (Å²) in [6, 6.07) is 72.0. The standard InChI is InChI=1S/C54H32N2/c1-2-11-37(12-3-1)55-51-27-23-34(33-21-25-42-40-15-5-4-13-38(40)39-14-6-7-16-41(39)47(42)29-33)30-48(51)49-31-35(24-28-52(49)55)36-22-26-44-46-19-10-18-45-43-17-8-9-20-50(43)56(54(45)46)53(44)32-36/h1-32H. The Hall–Kier alpha value is -7.42. The number of aromatic nitrogens is 2. The van der Waals surface area contributed by atoms with Gasteiger partial charge in [0.05, 0.1) is 27.6 Å². The van der Waals surface area contributed by atoms with Crippen molar-refractivity contribution in [1.82, 2.24) is 8.97 Å². The quantitative estimate of drug-likeness (QED) is 0.162. The Labute approximate surface area is 322 Å². The maximum absolute atomic E-state index is 2.47. The number of para-hydroxylation sites is 3. The minimum absolute atomic E-state index is 1.16. The van der Waals surface area contributed by atoms with Crippen molar-refractivity contribution in [2.75, 3.05) is 0 Å². The van der Waals surface area contributed by atoms with Crippen molar-refractivity contribution in [3.05, 3.63) is 194 Å². The van der Waals surface area contributed by atoms with Gasteiger partial charge >= 0.3 is 0 Å². The molecule has 0 fully saturated rings. The van der Waals surface area contributed by atoms with Gasteiger partial charge in [0.2, 0.25) is 0 Å². The molecule has 258 valence electrons. The van der Waals surface area contributed by atoms with Crippen molar-refractivity contribution >= 4 is 92.2 Å². The molecule has 0 N–H and O–H groups in total. The third-order valence-electron chi connectivity index (χ3n) is 12.4. The highest BCUT2D eigenvalue weighted by Crippen LogP contribution is 2.43. The zero-order valence-electron chi connectivity index (χ0n) is 30.4. The van der Waals surface area contributed by atoms with Crippen LogP contribution in [0.15, 0.2) is 194 Å². The van der Waals surface area contributed by atoms with E-state index in [0.717, 1.165) is 5.69 Å². The van der Waals surface area contributed by atoms with Gasteiger partial charge in [0.25, 0.3) is 0 Å². The highest BCUT2D eigenvalue weighted by molar-refractivity contribution is 6.26.